The van der Waals surface area contributed by atoms with Crippen molar-refractivity contribution in [3.63, 3.8) is 0 Å². The standard InChI is InChI=1S/C16H25N3O5S3/c1-11-3-5-12(6-4-11)19(7-8-27(2,23)24)16(22)18-15-17-9-14(26-15)25-10-13(20)21/h9,11-12H,3-8,10H2,1-2H3,(H,20,21)(H,17,18,22). The minimum atomic E-state index is -3.18. The third-order valence-corrected chi connectivity index (χ3v) is 7.44. The summed E-state index contributed by atoms with van der Waals surface area (Å²) in [5, 5.41) is 11.8. The zero-order valence-corrected chi connectivity index (χ0v) is 17.8. The highest BCUT2D eigenvalue weighted by Gasteiger charge is 2.28. The highest BCUT2D eigenvalue weighted by Crippen LogP contribution is 2.30. The monoisotopic (exact) mass is 435 g/mol. The Balaban J connectivity index is 2.02. The van der Waals surface area contributed by atoms with Crippen LogP contribution >= 0.6 is 23.1 Å². The first-order valence-electron chi connectivity index (χ1n) is 8.70. The molecule has 11 heteroatoms. The molecule has 0 bridgehead atoms. The molecule has 1 aliphatic carbocycles. The zero-order valence-electron chi connectivity index (χ0n) is 15.4. The molecule has 0 saturated heterocycles. The van der Waals surface area contributed by atoms with E-state index in [0.29, 0.717) is 15.3 Å². The number of nitrogens with zero attached hydrogens (tertiary/aromatic N) is 2. The molecule has 1 fully saturated rings. The van der Waals surface area contributed by atoms with E-state index >= 15 is 0 Å². The second-order valence-corrected chi connectivity index (χ2v) is 11.4. The van der Waals surface area contributed by atoms with E-state index in [1.807, 2.05) is 0 Å². The highest BCUT2D eigenvalue weighted by molar-refractivity contribution is 8.01. The predicted molar refractivity (Wildman–Crippen MR) is 107 cm³/mol. The van der Waals surface area contributed by atoms with Crippen molar-refractivity contribution in [2.45, 2.75) is 42.9 Å². The van der Waals surface area contributed by atoms with Gasteiger partial charge in [-0.05, 0) is 31.6 Å². The molecule has 1 aromatic heterocycles. The maximum Gasteiger partial charge on any atom is 0.323 e. The van der Waals surface area contributed by atoms with E-state index in [4.69, 9.17) is 5.11 Å². The van der Waals surface area contributed by atoms with Crippen LogP contribution in [0.4, 0.5) is 9.93 Å². The van der Waals surface area contributed by atoms with Crippen molar-refractivity contribution in [3.8, 4) is 0 Å². The van der Waals surface area contributed by atoms with Gasteiger partial charge in [0.25, 0.3) is 0 Å². The number of hydrogen-bond acceptors (Lipinski definition) is 7. The molecule has 2 rings (SSSR count). The van der Waals surface area contributed by atoms with Crippen molar-refractivity contribution in [3.05, 3.63) is 6.20 Å². The van der Waals surface area contributed by atoms with Gasteiger partial charge in [-0.15, -0.1) is 11.8 Å². The summed E-state index contributed by atoms with van der Waals surface area (Å²) in [6, 6.07) is -0.342. The van der Waals surface area contributed by atoms with Gasteiger partial charge in [0, 0.05) is 18.8 Å². The number of urea groups is 1. The topological polar surface area (TPSA) is 117 Å². The molecule has 0 spiro atoms. The molecule has 0 radical (unpaired) electrons. The second kappa shape index (κ2) is 9.74. The van der Waals surface area contributed by atoms with Crippen molar-refractivity contribution in [1.29, 1.82) is 0 Å². The Morgan fingerprint density at radius 2 is 2.04 bits per heavy atom. The van der Waals surface area contributed by atoms with Crippen molar-refractivity contribution in [2.24, 2.45) is 5.92 Å². The Bertz CT molecular complexity index is 757. The van der Waals surface area contributed by atoms with Crippen LogP contribution in [0.1, 0.15) is 32.6 Å². The Labute approximate surface area is 167 Å². The van der Waals surface area contributed by atoms with Gasteiger partial charge >= 0.3 is 12.0 Å². The number of carbonyl (C=O) groups excluding carboxylic acids is 1. The van der Waals surface area contributed by atoms with Crippen LogP contribution in [0.5, 0.6) is 0 Å². The normalized spacial score (nSPS) is 20.2. The Hall–Kier alpha value is -1.33. The van der Waals surface area contributed by atoms with Gasteiger partial charge in [0.15, 0.2) is 5.13 Å². The molecule has 2 amide bonds. The number of hydrogen-bond donors (Lipinski definition) is 2. The lowest BCUT2D eigenvalue weighted by atomic mass is 9.86. The lowest BCUT2D eigenvalue weighted by Crippen LogP contribution is -2.46. The molecule has 8 nitrogen and oxygen atoms in total. The van der Waals surface area contributed by atoms with Gasteiger partial charge in [0.1, 0.15) is 9.84 Å². The Kier molecular flexibility index (Phi) is 7.92. The molecule has 1 aliphatic rings. The van der Waals surface area contributed by atoms with E-state index in [9.17, 15) is 18.0 Å². The van der Waals surface area contributed by atoms with Crippen LogP contribution in [0, 0.1) is 5.92 Å². The van der Waals surface area contributed by atoms with E-state index in [0.717, 1.165) is 37.4 Å². The van der Waals surface area contributed by atoms with Crippen LogP contribution in [0.2, 0.25) is 0 Å². The number of sulfone groups is 1. The van der Waals surface area contributed by atoms with Gasteiger partial charge in [0.2, 0.25) is 0 Å². The minimum absolute atomic E-state index is 0.0174. The number of carbonyl (C=O) groups is 2. The molecule has 1 aromatic rings. The number of carboxylic acids is 1. The second-order valence-electron chi connectivity index (χ2n) is 6.83. The third kappa shape index (κ3) is 7.67. The summed E-state index contributed by atoms with van der Waals surface area (Å²) >= 11 is 2.34. The summed E-state index contributed by atoms with van der Waals surface area (Å²) in [4.78, 5) is 29.1. The van der Waals surface area contributed by atoms with Crippen LogP contribution in [-0.4, -0.2) is 65.8 Å². The molecular weight excluding hydrogens is 410 g/mol. The number of thiazole rings is 1. The zero-order chi connectivity index (χ0) is 20.0. The van der Waals surface area contributed by atoms with Crippen LogP contribution < -0.4 is 5.32 Å². The number of aromatic nitrogens is 1. The van der Waals surface area contributed by atoms with Crippen molar-refractivity contribution < 1.29 is 23.1 Å². The van der Waals surface area contributed by atoms with Gasteiger partial charge in [-0.3, -0.25) is 10.1 Å². The molecule has 0 aliphatic heterocycles. The van der Waals surface area contributed by atoms with Gasteiger partial charge < -0.3 is 10.0 Å². The predicted octanol–water partition coefficient (Wildman–Crippen LogP) is 2.78. The van der Waals surface area contributed by atoms with Crippen molar-refractivity contribution in [2.75, 3.05) is 29.6 Å². The third-order valence-electron chi connectivity index (χ3n) is 4.43. The molecule has 0 atom stereocenters. The quantitative estimate of drug-likeness (QED) is 0.603. The van der Waals surface area contributed by atoms with Crippen LogP contribution in [-0.2, 0) is 14.6 Å². The largest absolute Gasteiger partial charge is 0.481 e. The maximum atomic E-state index is 12.8. The number of carboxylic acid groups (broad SMARTS) is 1. The fraction of sp³-hybridized carbons (Fsp3) is 0.688. The lowest BCUT2D eigenvalue weighted by molar-refractivity contribution is -0.133. The SMILES string of the molecule is CC1CCC(N(CCS(C)(=O)=O)C(=O)Nc2ncc(SCC(=O)O)s2)CC1. The van der Waals surface area contributed by atoms with Crippen LogP contribution in [0.25, 0.3) is 0 Å². The average Bonchev–Trinajstić information content (AvgIpc) is 3.01. The van der Waals surface area contributed by atoms with Crippen LogP contribution in [0.3, 0.4) is 0 Å². The Morgan fingerprint density at radius 3 is 2.63 bits per heavy atom. The fourth-order valence-corrected chi connectivity index (χ4v) is 5.06. The summed E-state index contributed by atoms with van der Waals surface area (Å²) in [6.45, 7) is 2.33. The van der Waals surface area contributed by atoms with Gasteiger partial charge in [0.05, 0.1) is 21.9 Å². The van der Waals surface area contributed by atoms with Gasteiger partial charge in [-0.25, -0.2) is 18.2 Å². The number of thioether (sulfide) groups is 1. The van der Waals surface area contributed by atoms with E-state index in [2.05, 4.69) is 17.2 Å². The first-order chi connectivity index (χ1) is 12.6. The highest BCUT2D eigenvalue weighted by atomic mass is 32.2. The average molecular weight is 436 g/mol. The smallest absolute Gasteiger partial charge is 0.323 e. The first kappa shape index (κ1) is 22.0. The first-order valence-corrected chi connectivity index (χ1v) is 12.6. The molecule has 152 valence electrons. The molecule has 1 heterocycles. The van der Waals surface area contributed by atoms with E-state index in [-0.39, 0.29) is 30.1 Å². The molecule has 2 N–H and O–H groups in total. The number of nitrogens with one attached hydrogen (secondary N) is 1. The molecule has 1 saturated carbocycles. The van der Waals surface area contributed by atoms with E-state index in [1.165, 1.54) is 23.8 Å². The molecular formula is C16H25N3O5S3. The maximum absolute atomic E-state index is 12.8. The van der Waals surface area contributed by atoms with Gasteiger partial charge in [-0.1, -0.05) is 18.3 Å². The summed E-state index contributed by atoms with van der Waals surface area (Å²) in [7, 11) is -3.18. The minimum Gasteiger partial charge on any atom is -0.481 e. The summed E-state index contributed by atoms with van der Waals surface area (Å²) in [5.74, 6) is -0.452. The molecule has 0 unspecified atom stereocenters. The van der Waals surface area contributed by atoms with Gasteiger partial charge in [-0.2, -0.15) is 0 Å². The summed E-state index contributed by atoms with van der Waals surface area (Å²) in [5.41, 5.74) is 0. The van der Waals surface area contributed by atoms with E-state index < -0.39 is 15.8 Å². The molecule has 27 heavy (non-hydrogen) atoms. The fourth-order valence-electron chi connectivity index (χ4n) is 2.95. The molecule has 0 aromatic carbocycles. The number of anilines is 1. The number of amides is 2. The van der Waals surface area contributed by atoms with Crippen molar-refractivity contribution >= 4 is 50.1 Å². The van der Waals surface area contributed by atoms with E-state index in [1.54, 1.807) is 4.90 Å². The lowest BCUT2D eigenvalue weighted by Gasteiger charge is -2.35. The Morgan fingerprint density at radius 1 is 1.37 bits per heavy atom. The summed E-state index contributed by atoms with van der Waals surface area (Å²) < 4.78 is 23.8. The number of rotatable bonds is 8. The summed E-state index contributed by atoms with van der Waals surface area (Å²) in [6.07, 6.45) is 6.43. The number of aliphatic carboxylic acids is 1. The van der Waals surface area contributed by atoms with Crippen LogP contribution in [0.15, 0.2) is 10.4 Å². The van der Waals surface area contributed by atoms with Crippen molar-refractivity contribution in [1.82, 2.24) is 9.88 Å².